The van der Waals surface area contributed by atoms with Crippen LogP contribution in [0.1, 0.15) is 37.7 Å². The molecule has 2 aliphatic rings. The van der Waals surface area contributed by atoms with E-state index in [4.69, 9.17) is 0 Å². The Kier molecular flexibility index (Phi) is 5.01. The number of aromatic amines is 2. The molecule has 1 aliphatic carbocycles. The van der Waals surface area contributed by atoms with Gasteiger partial charge in [0.05, 0.1) is 17.5 Å². The lowest BCUT2D eigenvalue weighted by Crippen LogP contribution is -2.39. The third kappa shape index (κ3) is 3.91. The van der Waals surface area contributed by atoms with Gasteiger partial charge in [-0.25, -0.2) is 4.79 Å². The van der Waals surface area contributed by atoms with Crippen molar-refractivity contribution in [3.8, 4) is 0 Å². The van der Waals surface area contributed by atoms with Crippen LogP contribution in [0.3, 0.4) is 0 Å². The molecule has 2 N–H and O–H groups in total. The van der Waals surface area contributed by atoms with Crippen molar-refractivity contribution >= 4 is 22.8 Å². The third-order valence-corrected chi connectivity index (χ3v) is 5.80. The molecule has 7 nitrogen and oxygen atoms in total. The summed E-state index contributed by atoms with van der Waals surface area (Å²) in [5.41, 5.74) is 2.10. The van der Waals surface area contributed by atoms with Gasteiger partial charge in [0.2, 0.25) is 11.8 Å². The number of rotatable bonds is 3. The Labute approximate surface area is 157 Å². The number of fused-ring (bicyclic) bond motifs is 1. The molecule has 144 valence electrons. The summed E-state index contributed by atoms with van der Waals surface area (Å²) < 4.78 is 0. The molecule has 0 bridgehead atoms. The molecule has 0 unspecified atom stereocenters. The van der Waals surface area contributed by atoms with Crippen molar-refractivity contribution in [2.75, 3.05) is 26.2 Å². The molecular weight excluding hydrogens is 344 g/mol. The molecule has 0 atom stereocenters. The highest BCUT2D eigenvalue weighted by Gasteiger charge is 2.29. The van der Waals surface area contributed by atoms with Crippen LogP contribution in [0.15, 0.2) is 23.0 Å². The van der Waals surface area contributed by atoms with Crippen LogP contribution in [-0.2, 0) is 16.0 Å². The molecule has 2 heterocycles. The first kappa shape index (κ1) is 17.8. The maximum Gasteiger partial charge on any atom is 0.323 e. The number of nitrogens with zero attached hydrogens (tertiary/aromatic N) is 2. The first-order chi connectivity index (χ1) is 13.1. The molecule has 1 aromatic carbocycles. The topological polar surface area (TPSA) is 89.3 Å². The molecular formula is C20H26N4O3. The van der Waals surface area contributed by atoms with Crippen LogP contribution in [0, 0.1) is 5.92 Å². The lowest BCUT2D eigenvalue weighted by molar-refractivity contribution is -0.136. The normalized spacial score (nSPS) is 18.8. The standard InChI is InChI=1S/C20H26N4O3/c25-18(13-14-6-7-16-17(12-14)22-20(27)21-16)23-8-3-9-24(11-10-23)19(26)15-4-1-2-5-15/h6-7,12,15H,1-5,8-11,13H2,(H2,21,22,27). The SMILES string of the molecule is O=C(Cc1ccc2[nH]c(=O)[nH]c2c1)N1CCCN(C(=O)C2CCCC2)CC1. The summed E-state index contributed by atoms with van der Waals surface area (Å²) in [7, 11) is 0. The molecule has 2 amide bonds. The average molecular weight is 370 g/mol. The number of nitrogens with one attached hydrogen (secondary N) is 2. The van der Waals surface area contributed by atoms with Crippen molar-refractivity contribution in [3.63, 3.8) is 0 Å². The predicted molar refractivity (Wildman–Crippen MR) is 102 cm³/mol. The zero-order valence-corrected chi connectivity index (χ0v) is 15.5. The highest BCUT2D eigenvalue weighted by atomic mass is 16.2. The molecule has 1 aliphatic heterocycles. The zero-order chi connectivity index (χ0) is 18.8. The summed E-state index contributed by atoms with van der Waals surface area (Å²) in [4.78, 5) is 46.0. The van der Waals surface area contributed by atoms with Gasteiger partial charge in [-0.2, -0.15) is 0 Å². The van der Waals surface area contributed by atoms with E-state index in [1.165, 1.54) is 0 Å². The fourth-order valence-electron chi connectivity index (χ4n) is 4.29. The predicted octanol–water partition coefficient (Wildman–Crippen LogP) is 1.65. The second kappa shape index (κ2) is 7.58. The maximum absolute atomic E-state index is 12.7. The average Bonchev–Trinajstić information content (AvgIpc) is 3.23. The molecule has 2 aromatic rings. The van der Waals surface area contributed by atoms with Gasteiger partial charge in [-0.05, 0) is 37.0 Å². The van der Waals surface area contributed by atoms with Gasteiger partial charge in [0.1, 0.15) is 0 Å². The number of hydrogen-bond donors (Lipinski definition) is 2. The van der Waals surface area contributed by atoms with Crippen molar-refractivity contribution in [3.05, 3.63) is 34.2 Å². The number of amides is 2. The summed E-state index contributed by atoms with van der Waals surface area (Å²) in [6, 6.07) is 5.54. The molecule has 4 rings (SSSR count). The number of benzene rings is 1. The largest absolute Gasteiger partial charge is 0.341 e. The highest BCUT2D eigenvalue weighted by Crippen LogP contribution is 2.27. The molecule has 0 spiro atoms. The van der Waals surface area contributed by atoms with E-state index in [2.05, 4.69) is 9.97 Å². The smallest absolute Gasteiger partial charge is 0.323 e. The van der Waals surface area contributed by atoms with Gasteiger partial charge in [-0.3, -0.25) is 9.59 Å². The van der Waals surface area contributed by atoms with E-state index in [1.807, 2.05) is 28.0 Å². The van der Waals surface area contributed by atoms with E-state index in [1.54, 1.807) is 0 Å². The third-order valence-electron chi connectivity index (χ3n) is 5.80. The van der Waals surface area contributed by atoms with Crippen molar-refractivity contribution in [1.29, 1.82) is 0 Å². The van der Waals surface area contributed by atoms with Crippen LogP contribution in [0.25, 0.3) is 11.0 Å². The van der Waals surface area contributed by atoms with E-state index >= 15 is 0 Å². The minimum atomic E-state index is -0.243. The van der Waals surface area contributed by atoms with Gasteiger partial charge in [-0.1, -0.05) is 18.9 Å². The fourth-order valence-corrected chi connectivity index (χ4v) is 4.29. The molecule has 2 fully saturated rings. The van der Waals surface area contributed by atoms with Crippen LogP contribution >= 0.6 is 0 Å². The van der Waals surface area contributed by atoms with Crippen LogP contribution in [0.2, 0.25) is 0 Å². The quantitative estimate of drug-likeness (QED) is 0.861. The lowest BCUT2D eigenvalue weighted by Gasteiger charge is -2.24. The molecule has 1 saturated carbocycles. The molecule has 1 aromatic heterocycles. The van der Waals surface area contributed by atoms with E-state index in [0.717, 1.165) is 55.2 Å². The van der Waals surface area contributed by atoms with Crippen LogP contribution in [-0.4, -0.2) is 57.8 Å². The Hall–Kier alpha value is -2.57. The first-order valence-electron chi connectivity index (χ1n) is 9.87. The van der Waals surface area contributed by atoms with Crippen molar-refractivity contribution in [2.45, 2.75) is 38.5 Å². The number of H-pyrrole nitrogens is 2. The van der Waals surface area contributed by atoms with Crippen molar-refractivity contribution in [2.24, 2.45) is 5.92 Å². The Morgan fingerprint density at radius 3 is 2.44 bits per heavy atom. The Balaban J connectivity index is 1.37. The molecule has 27 heavy (non-hydrogen) atoms. The first-order valence-corrected chi connectivity index (χ1v) is 9.87. The van der Waals surface area contributed by atoms with Crippen LogP contribution in [0.5, 0.6) is 0 Å². The zero-order valence-electron chi connectivity index (χ0n) is 15.5. The summed E-state index contributed by atoms with van der Waals surface area (Å²) in [6.45, 7) is 2.66. The van der Waals surface area contributed by atoms with Gasteiger partial charge >= 0.3 is 5.69 Å². The van der Waals surface area contributed by atoms with E-state index in [-0.39, 0.29) is 23.4 Å². The summed E-state index contributed by atoms with van der Waals surface area (Å²) in [5.74, 6) is 0.550. The molecule has 7 heteroatoms. The van der Waals surface area contributed by atoms with Gasteiger partial charge in [-0.15, -0.1) is 0 Å². The molecule has 1 saturated heterocycles. The summed E-state index contributed by atoms with van der Waals surface area (Å²) in [6.07, 6.45) is 5.48. The Bertz CT molecular complexity index is 894. The van der Waals surface area contributed by atoms with Gasteiger partial charge in [0.25, 0.3) is 0 Å². The number of hydrogen-bond acceptors (Lipinski definition) is 3. The maximum atomic E-state index is 12.7. The van der Waals surface area contributed by atoms with Crippen molar-refractivity contribution < 1.29 is 9.59 Å². The van der Waals surface area contributed by atoms with Crippen molar-refractivity contribution in [1.82, 2.24) is 19.8 Å². The highest BCUT2D eigenvalue weighted by molar-refractivity contribution is 5.82. The van der Waals surface area contributed by atoms with Crippen LogP contribution < -0.4 is 5.69 Å². The second-order valence-corrected chi connectivity index (χ2v) is 7.68. The monoisotopic (exact) mass is 370 g/mol. The summed E-state index contributed by atoms with van der Waals surface area (Å²) in [5, 5.41) is 0. The minimum Gasteiger partial charge on any atom is -0.341 e. The molecule has 0 radical (unpaired) electrons. The van der Waals surface area contributed by atoms with E-state index < -0.39 is 0 Å². The van der Waals surface area contributed by atoms with Gasteiger partial charge < -0.3 is 19.8 Å². The van der Waals surface area contributed by atoms with Gasteiger partial charge in [0, 0.05) is 32.1 Å². The Morgan fingerprint density at radius 1 is 0.926 bits per heavy atom. The van der Waals surface area contributed by atoms with Crippen LogP contribution in [0.4, 0.5) is 0 Å². The number of imidazole rings is 1. The second-order valence-electron chi connectivity index (χ2n) is 7.68. The lowest BCUT2D eigenvalue weighted by atomic mass is 10.1. The van der Waals surface area contributed by atoms with Gasteiger partial charge in [0.15, 0.2) is 0 Å². The fraction of sp³-hybridized carbons (Fsp3) is 0.550. The summed E-state index contributed by atoms with van der Waals surface area (Å²) >= 11 is 0. The number of aromatic nitrogens is 2. The van der Waals surface area contributed by atoms with E-state index in [9.17, 15) is 14.4 Å². The van der Waals surface area contributed by atoms with E-state index in [0.29, 0.717) is 26.1 Å². The number of carbonyl (C=O) groups excluding carboxylic acids is 2. The minimum absolute atomic E-state index is 0.0717. The Morgan fingerprint density at radius 2 is 1.63 bits per heavy atom. The number of carbonyl (C=O) groups is 2.